The van der Waals surface area contributed by atoms with Gasteiger partial charge in [-0.2, -0.15) is 0 Å². The largest absolute Gasteiger partial charge is 0.480 e. The summed E-state index contributed by atoms with van der Waals surface area (Å²) in [5, 5.41) is 11.5. The number of hydrogen-bond donors (Lipinski definition) is 2. The van der Waals surface area contributed by atoms with Gasteiger partial charge < -0.3 is 15.2 Å². The number of carboxylic acids is 1. The van der Waals surface area contributed by atoms with Crippen molar-refractivity contribution < 1.29 is 19.4 Å². The van der Waals surface area contributed by atoms with Gasteiger partial charge in [-0.1, -0.05) is 13.8 Å². The van der Waals surface area contributed by atoms with E-state index in [1.165, 1.54) is 0 Å². The Balaban J connectivity index is 2.29. The van der Waals surface area contributed by atoms with E-state index in [1.54, 1.807) is 13.8 Å². The second-order valence-corrected chi connectivity index (χ2v) is 5.15. The van der Waals surface area contributed by atoms with Crippen LogP contribution in [0.2, 0.25) is 0 Å². The monoisotopic (exact) mass is 257 g/mol. The van der Waals surface area contributed by atoms with Crippen molar-refractivity contribution in [3.8, 4) is 0 Å². The van der Waals surface area contributed by atoms with Gasteiger partial charge >= 0.3 is 5.97 Å². The molecule has 1 rings (SSSR count). The molecule has 5 heteroatoms. The number of carbonyl (C=O) groups excluding carboxylic acids is 1. The smallest absolute Gasteiger partial charge is 0.326 e. The minimum Gasteiger partial charge on any atom is -0.480 e. The third kappa shape index (κ3) is 5.04. The number of ether oxygens (including phenoxy) is 1. The number of amides is 1. The highest BCUT2D eigenvalue weighted by atomic mass is 16.5. The second kappa shape index (κ2) is 7.36. The van der Waals surface area contributed by atoms with E-state index in [0.29, 0.717) is 12.8 Å². The molecule has 1 heterocycles. The van der Waals surface area contributed by atoms with E-state index in [2.05, 4.69) is 5.32 Å². The van der Waals surface area contributed by atoms with Gasteiger partial charge in [-0.25, -0.2) is 4.79 Å². The summed E-state index contributed by atoms with van der Waals surface area (Å²) in [6.45, 7) is 4.34. The van der Waals surface area contributed by atoms with Crippen molar-refractivity contribution in [2.75, 3.05) is 6.61 Å². The van der Waals surface area contributed by atoms with Crippen molar-refractivity contribution in [2.45, 2.75) is 58.1 Å². The minimum absolute atomic E-state index is 0.114. The maximum absolute atomic E-state index is 11.7. The summed E-state index contributed by atoms with van der Waals surface area (Å²) in [6.07, 6.45) is 4.41. The fraction of sp³-hybridized carbons (Fsp3) is 0.846. The molecule has 0 aromatic rings. The number of carboxylic acid groups (broad SMARTS) is 1. The summed E-state index contributed by atoms with van der Waals surface area (Å²) in [6, 6.07) is -0.801. The molecule has 2 N–H and O–H groups in total. The molecule has 0 spiro atoms. The van der Waals surface area contributed by atoms with Crippen molar-refractivity contribution in [1.82, 2.24) is 5.32 Å². The normalized spacial score (nSPS) is 21.6. The Morgan fingerprint density at radius 3 is 2.61 bits per heavy atom. The van der Waals surface area contributed by atoms with E-state index in [4.69, 9.17) is 9.84 Å². The molecule has 104 valence electrons. The second-order valence-electron chi connectivity index (χ2n) is 5.15. The van der Waals surface area contributed by atoms with Crippen LogP contribution in [0.25, 0.3) is 0 Å². The Labute approximate surface area is 108 Å². The topological polar surface area (TPSA) is 75.6 Å². The van der Waals surface area contributed by atoms with Gasteiger partial charge in [-0.05, 0) is 31.6 Å². The molecule has 1 unspecified atom stereocenters. The summed E-state index contributed by atoms with van der Waals surface area (Å²) in [7, 11) is 0. The van der Waals surface area contributed by atoms with Crippen LogP contribution < -0.4 is 5.32 Å². The Kier molecular flexibility index (Phi) is 6.12. The van der Waals surface area contributed by atoms with Crippen molar-refractivity contribution in [3.63, 3.8) is 0 Å². The highest BCUT2D eigenvalue weighted by molar-refractivity contribution is 5.83. The van der Waals surface area contributed by atoms with Gasteiger partial charge in [0.2, 0.25) is 5.91 Å². The highest BCUT2D eigenvalue weighted by Gasteiger charge is 2.24. The molecule has 1 fully saturated rings. The van der Waals surface area contributed by atoms with Crippen molar-refractivity contribution in [2.24, 2.45) is 5.92 Å². The van der Waals surface area contributed by atoms with Crippen LogP contribution in [0.1, 0.15) is 46.0 Å². The molecular weight excluding hydrogens is 234 g/mol. The zero-order valence-corrected chi connectivity index (χ0v) is 11.1. The highest BCUT2D eigenvalue weighted by Crippen LogP contribution is 2.17. The van der Waals surface area contributed by atoms with E-state index < -0.39 is 12.0 Å². The van der Waals surface area contributed by atoms with Crippen LogP contribution in [-0.4, -0.2) is 35.7 Å². The lowest BCUT2D eigenvalue weighted by atomic mass is 10.0. The van der Waals surface area contributed by atoms with Gasteiger partial charge in [0.15, 0.2) is 0 Å². The molecule has 0 bridgehead atoms. The van der Waals surface area contributed by atoms with Gasteiger partial charge in [0.05, 0.1) is 6.10 Å². The first kappa shape index (κ1) is 15.0. The predicted octanol–water partition coefficient (Wildman–Crippen LogP) is 1.56. The Morgan fingerprint density at radius 2 is 2.11 bits per heavy atom. The summed E-state index contributed by atoms with van der Waals surface area (Å²) < 4.78 is 5.53. The SMILES string of the molecule is CC(C)[C@H](NC(=O)CCC1CCCCO1)C(=O)O. The standard InChI is InChI=1S/C13H23NO4/c1-9(2)12(13(16)17)14-11(15)7-6-10-5-3-4-8-18-10/h9-10,12H,3-8H2,1-2H3,(H,14,15)(H,16,17)/t10?,12-/m0/s1. The lowest BCUT2D eigenvalue weighted by Gasteiger charge is -2.23. The third-order valence-corrected chi connectivity index (χ3v) is 3.22. The first-order valence-corrected chi connectivity index (χ1v) is 6.64. The summed E-state index contributed by atoms with van der Waals surface area (Å²) in [5.41, 5.74) is 0. The van der Waals surface area contributed by atoms with Crippen LogP contribution in [0, 0.1) is 5.92 Å². The fourth-order valence-corrected chi connectivity index (χ4v) is 2.09. The molecule has 2 atom stereocenters. The summed E-state index contributed by atoms with van der Waals surface area (Å²) in [4.78, 5) is 22.6. The number of aliphatic carboxylic acids is 1. The molecule has 0 aromatic carbocycles. The van der Waals surface area contributed by atoms with Crippen LogP contribution in [-0.2, 0) is 14.3 Å². The van der Waals surface area contributed by atoms with Gasteiger partial charge in [-0.3, -0.25) is 4.79 Å². The molecule has 1 saturated heterocycles. The molecule has 18 heavy (non-hydrogen) atoms. The van der Waals surface area contributed by atoms with Crippen LogP contribution in [0.3, 0.4) is 0 Å². The Hall–Kier alpha value is -1.10. The maximum Gasteiger partial charge on any atom is 0.326 e. The zero-order chi connectivity index (χ0) is 13.5. The van der Waals surface area contributed by atoms with E-state index in [9.17, 15) is 9.59 Å². The molecule has 5 nitrogen and oxygen atoms in total. The third-order valence-electron chi connectivity index (χ3n) is 3.22. The van der Waals surface area contributed by atoms with Crippen LogP contribution in [0.5, 0.6) is 0 Å². The molecule has 0 radical (unpaired) electrons. The average molecular weight is 257 g/mol. The van der Waals surface area contributed by atoms with Crippen molar-refractivity contribution in [1.29, 1.82) is 0 Å². The number of nitrogens with one attached hydrogen (secondary N) is 1. The van der Waals surface area contributed by atoms with Crippen molar-refractivity contribution >= 4 is 11.9 Å². The quantitative estimate of drug-likeness (QED) is 0.757. The van der Waals surface area contributed by atoms with Crippen molar-refractivity contribution in [3.05, 3.63) is 0 Å². The van der Waals surface area contributed by atoms with Crippen LogP contribution >= 0.6 is 0 Å². The molecule has 1 aliphatic heterocycles. The lowest BCUT2D eigenvalue weighted by Crippen LogP contribution is -2.44. The van der Waals surface area contributed by atoms with Gasteiger partial charge in [0, 0.05) is 13.0 Å². The van der Waals surface area contributed by atoms with Crippen LogP contribution in [0.4, 0.5) is 0 Å². The van der Waals surface area contributed by atoms with Gasteiger partial charge in [0.25, 0.3) is 0 Å². The summed E-state index contributed by atoms with van der Waals surface area (Å²) in [5.74, 6) is -1.30. The number of hydrogen-bond acceptors (Lipinski definition) is 3. The maximum atomic E-state index is 11.7. The molecular formula is C13H23NO4. The Bertz CT molecular complexity index is 285. The zero-order valence-electron chi connectivity index (χ0n) is 11.1. The van der Waals surface area contributed by atoms with E-state index in [-0.39, 0.29) is 17.9 Å². The Morgan fingerprint density at radius 1 is 1.39 bits per heavy atom. The number of rotatable bonds is 6. The minimum atomic E-state index is -0.979. The molecule has 1 amide bonds. The number of carbonyl (C=O) groups is 2. The first-order valence-electron chi connectivity index (χ1n) is 6.64. The fourth-order valence-electron chi connectivity index (χ4n) is 2.09. The average Bonchev–Trinajstić information content (AvgIpc) is 2.34. The van der Waals surface area contributed by atoms with Gasteiger partial charge in [-0.15, -0.1) is 0 Å². The van der Waals surface area contributed by atoms with E-state index in [0.717, 1.165) is 25.9 Å². The van der Waals surface area contributed by atoms with E-state index in [1.807, 2.05) is 0 Å². The van der Waals surface area contributed by atoms with E-state index >= 15 is 0 Å². The van der Waals surface area contributed by atoms with Crippen LogP contribution in [0.15, 0.2) is 0 Å². The molecule has 1 aliphatic rings. The molecule has 0 aliphatic carbocycles. The predicted molar refractivity (Wildman–Crippen MR) is 67.2 cm³/mol. The lowest BCUT2D eigenvalue weighted by molar-refractivity contribution is -0.143. The van der Waals surface area contributed by atoms with Gasteiger partial charge in [0.1, 0.15) is 6.04 Å². The summed E-state index contributed by atoms with van der Waals surface area (Å²) >= 11 is 0. The first-order chi connectivity index (χ1) is 8.50. The molecule has 0 saturated carbocycles. The molecule has 0 aromatic heterocycles.